The van der Waals surface area contributed by atoms with Crippen LogP contribution in [0.25, 0.3) is 11.5 Å². The lowest BCUT2D eigenvalue weighted by Crippen LogP contribution is -2.46. The van der Waals surface area contributed by atoms with E-state index >= 15 is 0 Å². The summed E-state index contributed by atoms with van der Waals surface area (Å²) in [6.07, 6.45) is 2.81. The fraction of sp³-hybridized carbons (Fsp3) is 0.318. The molecule has 1 aliphatic heterocycles. The molecule has 2 aromatic carbocycles. The largest absolute Gasteiger partial charge is 0.444 e. The third-order valence-electron chi connectivity index (χ3n) is 5.05. The number of rotatable bonds is 6. The van der Waals surface area contributed by atoms with Gasteiger partial charge in [0.25, 0.3) is 0 Å². The molecule has 5 heteroatoms. The molecule has 1 fully saturated rings. The summed E-state index contributed by atoms with van der Waals surface area (Å²) in [4.78, 5) is 9.49. The van der Waals surface area contributed by atoms with Crippen LogP contribution in [0.5, 0.6) is 0 Å². The lowest BCUT2D eigenvalue weighted by atomic mass is 10.1. The van der Waals surface area contributed by atoms with Gasteiger partial charge in [-0.2, -0.15) is 0 Å². The fourth-order valence-corrected chi connectivity index (χ4v) is 3.44. The summed E-state index contributed by atoms with van der Waals surface area (Å²) in [5.41, 5.74) is 3.12. The van der Waals surface area contributed by atoms with Gasteiger partial charge >= 0.3 is 0 Å². The zero-order chi connectivity index (χ0) is 18.5. The van der Waals surface area contributed by atoms with Crippen molar-refractivity contribution in [3.05, 3.63) is 77.9 Å². The van der Waals surface area contributed by atoms with Crippen LogP contribution in [0.2, 0.25) is 0 Å². The lowest BCUT2D eigenvalue weighted by Gasteiger charge is -2.34. The third-order valence-corrected chi connectivity index (χ3v) is 5.05. The molecule has 0 spiro atoms. The molecule has 1 aliphatic rings. The van der Waals surface area contributed by atoms with Crippen LogP contribution in [0.1, 0.15) is 11.3 Å². The zero-order valence-electron chi connectivity index (χ0n) is 15.4. The van der Waals surface area contributed by atoms with E-state index in [2.05, 4.69) is 45.1 Å². The van der Waals surface area contributed by atoms with Crippen LogP contribution < -0.4 is 0 Å². The van der Waals surface area contributed by atoms with E-state index in [1.54, 1.807) is 18.4 Å². The topological polar surface area (TPSA) is 32.5 Å². The minimum atomic E-state index is -0.254. The third kappa shape index (κ3) is 4.81. The first-order valence-corrected chi connectivity index (χ1v) is 9.45. The summed E-state index contributed by atoms with van der Waals surface area (Å²) < 4.78 is 18.6. The van der Waals surface area contributed by atoms with Crippen molar-refractivity contribution in [2.75, 3.05) is 32.7 Å². The molecule has 1 saturated heterocycles. The van der Waals surface area contributed by atoms with Gasteiger partial charge in [0.05, 0.1) is 5.69 Å². The number of aromatic nitrogens is 1. The predicted molar refractivity (Wildman–Crippen MR) is 104 cm³/mol. The number of benzene rings is 2. The Labute approximate surface area is 159 Å². The molecular formula is C22H24FN3O. The maximum absolute atomic E-state index is 13.0. The average Bonchev–Trinajstić information content (AvgIpc) is 3.17. The Kier molecular flexibility index (Phi) is 5.61. The summed E-state index contributed by atoms with van der Waals surface area (Å²) >= 11 is 0. The molecule has 0 amide bonds. The van der Waals surface area contributed by atoms with Crippen molar-refractivity contribution in [3.8, 4) is 11.5 Å². The van der Waals surface area contributed by atoms with E-state index in [-0.39, 0.29) is 5.82 Å². The minimum Gasteiger partial charge on any atom is -0.444 e. The van der Waals surface area contributed by atoms with Crippen LogP contribution in [0, 0.1) is 5.82 Å². The smallest absolute Gasteiger partial charge is 0.226 e. The number of nitrogens with zero attached hydrogens (tertiary/aromatic N) is 3. The predicted octanol–water partition coefficient (Wildman–Crippen LogP) is 3.84. The fourth-order valence-electron chi connectivity index (χ4n) is 3.44. The van der Waals surface area contributed by atoms with E-state index in [0.29, 0.717) is 5.89 Å². The van der Waals surface area contributed by atoms with Crippen molar-refractivity contribution in [3.63, 3.8) is 0 Å². The Balaban J connectivity index is 1.25. The monoisotopic (exact) mass is 365 g/mol. The van der Waals surface area contributed by atoms with Crippen LogP contribution in [0.4, 0.5) is 4.39 Å². The standard InChI is InChI=1S/C22H24FN3O/c23-20-8-6-19(7-9-20)22-24-21(17-27-22)16-26-14-12-25(13-15-26)11-10-18-4-2-1-3-5-18/h1-9,17H,10-16H2. The molecular weight excluding hydrogens is 341 g/mol. The van der Waals surface area contributed by atoms with E-state index in [4.69, 9.17) is 4.42 Å². The molecule has 0 aliphatic carbocycles. The van der Waals surface area contributed by atoms with Gasteiger partial charge in [0.15, 0.2) is 0 Å². The summed E-state index contributed by atoms with van der Waals surface area (Å²) in [7, 11) is 0. The molecule has 3 aromatic rings. The van der Waals surface area contributed by atoms with Crippen LogP contribution in [-0.4, -0.2) is 47.5 Å². The van der Waals surface area contributed by atoms with Gasteiger partial charge in [0.1, 0.15) is 12.1 Å². The number of halogens is 1. The highest BCUT2D eigenvalue weighted by Gasteiger charge is 2.18. The van der Waals surface area contributed by atoms with Gasteiger partial charge in [-0.05, 0) is 36.2 Å². The molecule has 0 unspecified atom stereocenters. The van der Waals surface area contributed by atoms with E-state index < -0.39 is 0 Å². The SMILES string of the molecule is Fc1ccc(-c2nc(CN3CCN(CCc4ccccc4)CC3)co2)cc1. The van der Waals surface area contributed by atoms with Crippen molar-refractivity contribution in [1.82, 2.24) is 14.8 Å². The van der Waals surface area contributed by atoms with Crippen LogP contribution in [0.3, 0.4) is 0 Å². The molecule has 4 rings (SSSR count). The Hall–Kier alpha value is -2.50. The maximum atomic E-state index is 13.0. The van der Waals surface area contributed by atoms with E-state index in [0.717, 1.165) is 56.9 Å². The molecule has 0 atom stereocenters. The first kappa shape index (κ1) is 17.9. The van der Waals surface area contributed by atoms with Crippen molar-refractivity contribution < 1.29 is 8.81 Å². The summed E-state index contributed by atoms with van der Waals surface area (Å²) in [6.45, 7) is 6.12. The van der Waals surface area contributed by atoms with Gasteiger partial charge < -0.3 is 9.32 Å². The highest BCUT2D eigenvalue weighted by molar-refractivity contribution is 5.52. The second-order valence-electron chi connectivity index (χ2n) is 7.00. The molecule has 1 aromatic heterocycles. The van der Waals surface area contributed by atoms with Crippen molar-refractivity contribution >= 4 is 0 Å². The van der Waals surface area contributed by atoms with Gasteiger partial charge in [-0.15, -0.1) is 0 Å². The molecule has 27 heavy (non-hydrogen) atoms. The normalized spacial score (nSPS) is 15.9. The Morgan fingerprint density at radius 3 is 2.33 bits per heavy atom. The van der Waals surface area contributed by atoms with E-state index in [1.807, 2.05) is 0 Å². The van der Waals surface area contributed by atoms with Crippen LogP contribution in [0.15, 0.2) is 65.3 Å². The lowest BCUT2D eigenvalue weighted by molar-refractivity contribution is 0.127. The first-order chi connectivity index (χ1) is 13.3. The molecule has 0 bridgehead atoms. The second kappa shape index (κ2) is 8.46. The van der Waals surface area contributed by atoms with Gasteiger partial charge in [0, 0.05) is 44.8 Å². The van der Waals surface area contributed by atoms with E-state index in [1.165, 1.54) is 17.7 Å². The number of hydrogen-bond donors (Lipinski definition) is 0. The van der Waals surface area contributed by atoms with Crippen LogP contribution in [-0.2, 0) is 13.0 Å². The van der Waals surface area contributed by atoms with Gasteiger partial charge in [-0.25, -0.2) is 9.37 Å². The number of hydrogen-bond acceptors (Lipinski definition) is 4. The summed E-state index contributed by atoms with van der Waals surface area (Å²) in [5.74, 6) is 0.294. The average molecular weight is 365 g/mol. The quantitative estimate of drug-likeness (QED) is 0.664. The zero-order valence-corrected chi connectivity index (χ0v) is 15.4. The van der Waals surface area contributed by atoms with Crippen LogP contribution >= 0.6 is 0 Å². The van der Waals surface area contributed by atoms with Crippen molar-refractivity contribution in [2.24, 2.45) is 0 Å². The molecule has 140 valence electrons. The maximum Gasteiger partial charge on any atom is 0.226 e. The Morgan fingerprint density at radius 2 is 1.59 bits per heavy atom. The molecule has 0 radical (unpaired) electrons. The highest BCUT2D eigenvalue weighted by atomic mass is 19.1. The van der Waals surface area contributed by atoms with Gasteiger partial charge in [-0.3, -0.25) is 4.90 Å². The Bertz CT molecular complexity index is 840. The Morgan fingerprint density at radius 1 is 0.889 bits per heavy atom. The minimum absolute atomic E-state index is 0.254. The number of piperazine rings is 1. The summed E-state index contributed by atoms with van der Waals surface area (Å²) in [6, 6.07) is 16.9. The second-order valence-corrected chi connectivity index (χ2v) is 7.00. The molecule has 0 N–H and O–H groups in total. The van der Waals surface area contributed by atoms with Crippen molar-refractivity contribution in [2.45, 2.75) is 13.0 Å². The van der Waals surface area contributed by atoms with E-state index in [9.17, 15) is 4.39 Å². The highest BCUT2D eigenvalue weighted by Crippen LogP contribution is 2.20. The number of oxazole rings is 1. The molecule has 4 nitrogen and oxygen atoms in total. The first-order valence-electron chi connectivity index (χ1n) is 9.45. The van der Waals surface area contributed by atoms with Gasteiger partial charge in [0.2, 0.25) is 5.89 Å². The summed E-state index contributed by atoms with van der Waals surface area (Å²) in [5, 5.41) is 0. The molecule has 0 saturated carbocycles. The van der Waals surface area contributed by atoms with Gasteiger partial charge in [-0.1, -0.05) is 30.3 Å². The molecule has 2 heterocycles. The van der Waals surface area contributed by atoms with Crippen molar-refractivity contribution in [1.29, 1.82) is 0 Å².